The van der Waals surface area contributed by atoms with Crippen molar-refractivity contribution in [2.24, 2.45) is 17.3 Å². The first-order valence-corrected chi connectivity index (χ1v) is 8.64. The van der Waals surface area contributed by atoms with Gasteiger partial charge < -0.3 is 14.9 Å². The number of carboxylic acids is 2. The summed E-state index contributed by atoms with van der Waals surface area (Å²) >= 11 is 0. The maximum atomic E-state index is 12.3. The quantitative estimate of drug-likeness (QED) is 0.819. The van der Waals surface area contributed by atoms with Crippen LogP contribution in [0.3, 0.4) is 0 Å². The van der Waals surface area contributed by atoms with Gasteiger partial charge in [0, 0.05) is 6.42 Å². The standard InChI is InChI=1S/C17H24O5/c18-13(19)15-8-3-9-16(10-15,14(20)21)22-17(15)11-4-1-5-12(17)7-2-6-11/h11-12H,1-10H2,(H,18,19)(H,20,21). The van der Waals surface area contributed by atoms with Gasteiger partial charge in [-0.1, -0.05) is 12.8 Å². The Morgan fingerprint density at radius 1 is 0.864 bits per heavy atom. The van der Waals surface area contributed by atoms with Crippen LogP contribution in [0, 0.1) is 17.3 Å². The largest absolute Gasteiger partial charge is 0.481 e. The lowest BCUT2D eigenvalue weighted by Gasteiger charge is -2.56. The fraction of sp³-hybridized carbons (Fsp3) is 0.882. The number of fused-ring (bicyclic) bond motifs is 2. The molecule has 4 rings (SSSR count). The lowest BCUT2D eigenvalue weighted by Crippen LogP contribution is -2.62. The Morgan fingerprint density at radius 3 is 1.95 bits per heavy atom. The minimum Gasteiger partial charge on any atom is -0.481 e. The molecule has 0 radical (unpaired) electrons. The Labute approximate surface area is 130 Å². The number of aliphatic carboxylic acids is 2. The van der Waals surface area contributed by atoms with Crippen molar-refractivity contribution >= 4 is 11.9 Å². The summed E-state index contributed by atoms with van der Waals surface area (Å²) in [6, 6.07) is 0. The molecular formula is C17H24O5. The van der Waals surface area contributed by atoms with Gasteiger partial charge in [0.25, 0.3) is 0 Å². The second kappa shape index (κ2) is 4.47. The maximum absolute atomic E-state index is 12.3. The predicted octanol–water partition coefficient (Wildman–Crippen LogP) is 2.82. The molecule has 0 aromatic rings. The molecule has 2 unspecified atom stereocenters. The van der Waals surface area contributed by atoms with Crippen LogP contribution in [-0.4, -0.2) is 33.4 Å². The van der Waals surface area contributed by atoms with Crippen molar-refractivity contribution in [1.82, 2.24) is 0 Å². The first kappa shape index (κ1) is 14.5. The third-order valence-corrected chi connectivity index (χ3v) is 7.11. The van der Waals surface area contributed by atoms with E-state index in [2.05, 4.69) is 0 Å². The zero-order valence-electron chi connectivity index (χ0n) is 12.8. The molecule has 4 aliphatic rings. The Kier molecular flexibility index (Phi) is 2.94. The van der Waals surface area contributed by atoms with Crippen LogP contribution in [0.5, 0.6) is 0 Å². The molecule has 22 heavy (non-hydrogen) atoms. The number of hydrogen-bond donors (Lipinski definition) is 2. The molecule has 3 saturated carbocycles. The van der Waals surface area contributed by atoms with Crippen molar-refractivity contribution in [3.8, 4) is 0 Å². The van der Waals surface area contributed by atoms with Gasteiger partial charge in [0.1, 0.15) is 5.41 Å². The molecule has 4 bridgehead atoms. The average molecular weight is 308 g/mol. The summed E-state index contributed by atoms with van der Waals surface area (Å²) in [6.45, 7) is 0. The molecule has 1 spiro atoms. The van der Waals surface area contributed by atoms with E-state index in [0.717, 1.165) is 38.5 Å². The normalized spacial score (nSPS) is 50.0. The summed E-state index contributed by atoms with van der Waals surface area (Å²) in [7, 11) is 0. The second-order valence-electron chi connectivity index (χ2n) is 7.87. The summed E-state index contributed by atoms with van der Waals surface area (Å²) in [6.07, 6.45) is 8.03. The van der Waals surface area contributed by atoms with E-state index in [9.17, 15) is 19.8 Å². The van der Waals surface area contributed by atoms with Crippen molar-refractivity contribution in [2.75, 3.05) is 0 Å². The van der Waals surface area contributed by atoms with Crippen LogP contribution >= 0.6 is 0 Å². The van der Waals surface area contributed by atoms with E-state index in [1.165, 1.54) is 0 Å². The first-order chi connectivity index (χ1) is 10.5. The monoisotopic (exact) mass is 308 g/mol. The smallest absolute Gasteiger partial charge is 0.336 e. The maximum Gasteiger partial charge on any atom is 0.336 e. The summed E-state index contributed by atoms with van der Waals surface area (Å²) in [4.78, 5) is 24.3. The lowest BCUT2D eigenvalue weighted by atomic mass is 9.49. The molecule has 4 fully saturated rings. The van der Waals surface area contributed by atoms with Gasteiger partial charge in [-0.25, -0.2) is 4.79 Å². The van der Waals surface area contributed by atoms with Gasteiger partial charge in [-0.2, -0.15) is 0 Å². The summed E-state index contributed by atoms with van der Waals surface area (Å²) in [5.74, 6) is -1.35. The molecule has 3 aliphatic carbocycles. The van der Waals surface area contributed by atoms with Crippen LogP contribution in [0.1, 0.15) is 64.2 Å². The molecule has 0 amide bonds. The number of carboxylic acid groups (broad SMARTS) is 2. The minimum atomic E-state index is -1.26. The fourth-order valence-electron chi connectivity index (χ4n) is 6.41. The van der Waals surface area contributed by atoms with Crippen LogP contribution in [0.4, 0.5) is 0 Å². The van der Waals surface area contributed by atoms with Crippen LogP contribution in [-0.2, 0) is 14.3 Å². The molecule has 0 aromatic heterocycles. The SMILES string of the molecule is O=C(O)C12CCCC(C(=O)O)(C1)C1(O2)C2CCCC1CCC2. The Balaban J connectivity index is 1.90. The van der Waals surface area contributed by atoms with Crippen LogP contribution in [0.25, 0.3) is 0 Å². The van der Waals surface area contributed by atoms with Gasteiger partial charge in [-0.15, -0.1) is 0 Å². The van der Waals surface area contributed by atoms with E-state index >= 15 is 0 Å². The highest BCUT2D eigenvalue weighted by Gasteiger charge is 2.76. The third kappa shape index (κ3) is 1.48. The lowest BCUT2D eigenvalue weighted by molar-refractivity contribution is -0.225. The van der Waals surface area contributed by atoms with Crippen LogP contribution in [0.2, 0.25) is 0 Å². The van der Waals surface area contributed by atoms with Gasteiger partial charge in [-0.3, -0.25) is 4.79 Å². The molecule has 1 saturated heterocycles. The van der Waals surface area contributed by atoms with E-state index in [-0.39, 0.29) is 18.3 Å². The minimum absolute atomic E-state index is 0.164. The highest BCUT2D eigenvalue weighted by atomic mass is 16.6. The van der Waals surface area contributed by atoms with Gasteiger partial charge in [0.2, 0.25) is 0 Å². The zero-order valence-corrected chi connectivity index (χ0v) is 12.8. The molecule has 2 atom stereocenters. The van der Waals surface area contributed by atoms with Crippen LogP contribution in [0.15, 0.2) is 0 Å². The number of carbonyl (C=O) groups is 2. The van der Waals surface area contributed by atoms with Crippen LogP contribution < -0.4 is 0 Å². The summed E-state index contributed by atoms with van der Waals surface area (Å²) < 4.78 is 6.41. The van der Waals surface area contributed by atoms with E-state index in [1.807, 2.05) is 0 Å². The summed E-state index contributed by atoms with van der Waals surface area (Å²) in [5.41, 5.74) is -2.98. The molecular weight excluding hydrogens is 284 g/mol. The Hall–Kier alpha value is -1.10. The fourth-order valence-corrected chi connectivity index (χ4v) is 6.41. The van der Waals surface area contributed by atoms with Crippen molar-refractivity contribution in [1.29, 1.82) is 0 Å². The van der Waals surface area contributed by atoms with Gasteiger partial charge >= 0.3 is 11.9 Å². The van der Waals surface area contributed by atoms with Gasteiger partial charge in [-0.05, 0) is 56.8 Å². The molecule has 122 valence electrons. The average Bonchev–Trinajstić information content (AvgIpc) is 2.66. The highest BCUT2D eigenvalue weighted by Crippen LogP contribution is 2.69. The molecule has 0 aromatic carbocycles. The second-order valence-corrected chi connectivity index (χ2v) is 7.87. The first-order valence-electron chi connectivity index (χ1n) is 8.64. The summed E-state index contributed by atoms with van der Waals surface area (Å²) in [5, 5.41) is 19.9. The molecule has 2 N–H and O–H groups in total. The van der Waals surface area contributed by atoms with E-state index < -0.39 is 28.6 Å². The topological polar surface area (TPSA) is 83.8 Å². The van der Waals surface area contributed by atoms with E-state index in [1.54, 1.807) is 0 Å². The van der Waals surface area contributed by atoms with Crippen molar-refractivity contribution in [3.63, 3.8) is 0 Å². The molecule has 1 aliphatic heterocycles. The Bertz CT molecular complexity index is 507. The number of ether oxygens (including phenoxy) is 1. The highest BCUT2D eigenvalue weighted by molar-refractivity contribution is 5.84. The zero-order chi connectivity index (χ0) is 15.6. The molecule has 5 heteroatoms. The van der Waals surface area contributed by atoms with E-state index in [4.69, 9.17) is 4.74 Å². The third-order valence-electron chi connectivity index (χ3n) is 7.11. The van der Waals surface area contributed by atoms with E-state index in [0.29, 0.717) is 19.3 Å². The van der Waals surface area contributed by atoms with Crippen molar-refractivity contribution in [3.05, 3.63) is 0 Å². The number of rotatable bonds is 2. The van der Waals surface area contributed by atoms with Crippen molar-refractivity contribution in [2.45, 2.75) is 75.4 Å². The predicted molar refractivity (Wildman–Crippen MR) is 77.4 cm³/mol. The number of hydrogen-bond acceptors (Lipinski definition) is 3. The Morgan fingerprint density at radius 2 is 1.45 bits per heavy atom. The molecule has 1 heterocycles. The van der Waals surface area contributed by atoms with Crippen molar-refractivity contribution < 1.29 is 24.5 Å². The molecule has 5 nitrogen and oxygen atoms in total. The van der Waals surface area contributed by atoms with Gasteiger partial charge in [0.15, 0.2) is 5.60 Å². The van der Waals surface area contributed by atoms with Gasteiger partial charge in [0.05, 0.1) is 5.60 Å².